The van der Waals surface area contributed by atoms with Crippen molar-refractivity contribution in [3.63, 3.8) is 0 Å². The smallest absolute Gasteiger partial charge is 0.0897 e. The summed E-state index contributed by atoms with van der Waals surface area (Å²) in [6, 6.07) is 0.748. The number of nitrogens with one attached hydrogen (secondary N) is 1. The lowest BCUT2D eigenvalue weighted by Crippen LogP contribution is -2.40. The van der Waals surface area contributed by atoms with E-state index < -0.39 is 0 Å². The zero-order valence-electron chi connectivity index (χ0n) is 10.9. The summed E-state index contributed by atoms with van der Waals surface area (Å²) < 4.78 is 0. The van der Waals surface area contributed by atoms with Crippen LogP contribution >= 0.6 is 11.3 Å². The number of hydrogen-bond acceptors (Lipinski definition) is 4. The zero-order chi connectivity index (χ0) is 12.1. The van der Waals surface area contributed by atoms with Crippen LogP contribution in [0.25, 0.3) is 0 Å². The van der Waals surface area contributed by atoms with Gasteiger partial charge in [-0.2, -0.15) is 0 Å². The van der Waals surface area contributed by atoms with E-state index in [1.54, 1.807) is 11.3 Å². The number of hydrogen-bond donors (Lipinski definition) is 1. The second-order valence-electron chi connectivity index (χ2n) is 4.87. The Balaban J connectivity index is 1.91. The van der Waals surface area contributed by atoms with Crippen LogP contribution in [-0.2, 0) is 6.54 Å². The molecule has 0 amide bonds. The van der Waals surface area contributed by atoms with Gasteiger partial charge in [-0.25, -0.2) is 4.98 Å². The molecular weight excluding hydrogens is 230 g/mol. The molecule has 0 bridgehead atoms. The lowest BCUT2D eigenvalue weighted by atomic mass is 9.99. The fourth-order valence-corrected chi connectivity index (χ4v) is 3.20. The fraction of sp³-hybridized carbons (Fsp3) is 0.769. The molecule has 1 aliphatic rings. The third-order valence-electron chi connectivity index (χ3n) is 3.51. The average molecular weight is 253 g/mol. The summed E-state index contributed by atoms with van der Waals surface area (Å²) in [5.41, 5.74) is 1.25. The first kappa shape index (κ1) is 13.0. The van der Waals surface area contributed by atoms with Crippen LogP contribution < -0.4 is 5.32 Å². The second kappa shape index (κ2) is 6.47. The Morgan fingerprint density at radius 3 is 3.12 bits per heavy atom. The molecule has 0 aromatic carbocycles. The Kier molecular flexibility index (Phi) is 4.95. The van der Waals surface area contributed by atoms with Gasteiger partial charge in [0, 0.05) is 18.0 Å². The van der Waals surface area contributed by atoms with Crippen LogP contribution in [0.4, 0.5) is 0 Å². The molecule has 1 aliphatic heterocycles. The van der Waals surface area contributed by atoms with Gasteiger partial charge in [0.15, 0.2) is 0 Å². The molecule has 1 fully saturated rings. The van der Waals surface area contributed by atoms with Crippen LogP contribution in [0.5, 0.6) is 0 Å². The fourth-order valence-electron chi connectivity index (χ4n) is 2.59. The zero-order valence-corrected chi connectivity index (χ0v) is 11.7. The normalized spacial score (nSPS) is 21.9. The molecule has 4 heteroatoms. The third kappa shape index (κ3) is 3.76. The van der Waals surface area contributed by atoms with Crippen molar-refractivity contribution in [1.29, 1.82) is 0 Å². The summed E-state index contributed by atoms with van der Waals surface area (Å²) in [6.45, 7) is 5.49. The van der Waals surface area contributed by atoms with E-state index in [0.29, 0.717) is 0 Å². The van der Waals surface area contributed by atoms with E-state index in [-0.39, 0.29) is 0 Å². The van der Waals surface area contributed by atoms with Crippen LogP contribution in [0.3, 0.4) is 0 Å². The maximum atomic E-state index is 4.58. The van der Waals surface area contributed by atoms with Gasteiger partial charge in [0.2, 0.25) is 0 Å². The predicted molar refractivity (Wildman–Crippen MR) is 73.4 cm³/mol. The van der Waals surface area contributed by atoms with Gasteiger partial charge in [0.25, 0.3) is 0 Å². The predicted octanol–water partition coefficient (Wildman–Crippen LogP) is 2.42. The van der Waals surface area contributed by atoms with Gasteiger partial charge in [0.1, 0.15) is 0 Å². The number of thiazole rings is 1. The van der Waals surface area contributed by atoms with E-state index in [1.165, 1.54) is 42.9 Å². The largest absolute Gasteiger partial charge is 0.320 e. The van der Waals surface area contributed by atoms with Gasteiger partial charge in [-0.05, 0) is 46.3 Å². The first-order valence-electron chi connectivity index (χ1n) is 6.59. The minimum absolute atomic E-state index is 0.748. The van der Waals surface area contributed by atoms with Crippen molar-refractivity contribution in [2.24, 2.45) is 0 Å². The van der Waals surface area contributed by atoms with E-state index in [1.807, 2.05) is 7.05 Å². The van der Waals surface area contributed by atoms with Crippen molar-refractivity contribution < 1.29 is 0 Å². The lowest BCUT2D eigenvalue weighted by Gasteiger charge is -2.35. The summed E-state index contributed by atoms with van der Waals surface area (Å²) in [6.07, 6.45) is 5.35. The summed E-state index contributed by atoms with van der Waals surface area (Å²) in [5.74, 6) is 0. The highest BCUT2D eigenvalue weighted by molar-refractivity contribution is 7.09. The van der Waals surface area contributed by atoms with E-state index in [9.17, 15) is 0 Å². The van der Waals surface area contributed by atoms with Gasteiger partial charge in [-0.3, -0.25) is 4.90 Å². The quantitative estimate of drug-likeness (QED) is 0.873. The Morgan fingerprint density at radius 2 is 2.41 bits per heavy atom. The molecule has 1 aromatic rings. The number of nitrogens with zero attached hydrogens (tertiary/aromatic N) is 2. The summed E-state index contributed by atoms with van der Waals surface area (Å²) in [4.78, 5) is 7.20. The van der Waals surface area contributed by atoms with Gasteiger partial charge < -0.3 is 5.32 Å². The summed E-state index contributed by atoms with van der Waals surface area (Å²) in [5, 5.41) is 6.65. The van der Waals surface area contributed by atoms with Crippen molar-refractivity contribution in [3.05, 3.63) is 16.1 Å². The minimum Gasteiger partial charge on any atom is -0.320 e. The summed E-state index contributed by atoms with van der Waals surface area (Å²) >= 11 is 1.76. The van der Waals surface area contributed by atoms with E-state index in [2.05, 4.69) is 27.5 Å². The van der Waals surface area contributed by atoms with Gasteiger partial charge in [-0.1, -0.05) is 6.42 Å². The molecule has 1 atom stereocenters. The molecule has 1 saturated heterocycles. The molecule has 1 unspecified atom stereocenters. The average Bonchev–Trinajstić information content (AvgIpc) is 2.74. The number of rotatable bonds is 5. The SMILES string of the molecule is CNCCC1CCCCN1Cc1csc(C)n1. The van der Waals surface area contributed by atoms with Crippen molar-refractivity contribution in [2.75, 3.05) is 20.1 Å². The molecule has 0 spiro atoms. The number of piperidine rings is 1. The van der Waals surface area contributed by atoms with Gasteiger partial charge in [0.05, 0.1) is 10.7 Å². The first-order valence-corrected chi connectivity index (χ1v) is 7.47. The van der Waals surface area contributed by atoms with E-state index in [0.717, 1.165) is 19.1 Å². The third-order valence-corrected chi connectivity index (χ3v) is 4.33. The van der Waals surface area contributed by atoms with Crippen LogP contribution in [0.2, 0.25) is 0 Å². The molecule has 3 nitrogen and oxygen atoms in total. The van der Waals surface area contributed by atoms with Crippen molar-refractivity contribution >= 4 is 11.3 Å². The number of aromatic nitrogens is 1. The molecule has 1 aromatic heterocycles. The molecule has 0 radical (unpaired) electrons. The number of aryl methyl sites for hydroxylation is 1. The topological polar surface area (TPSA) is 28.2 Å². The van der Waals surface area contributed by atoms with Crippen LogP contribution in [0.1, 0.15) is 36.4 Å². The van der Waals surface area contributed by atoms with Gasteiger partial charge in [-0.15, -0.1) is 11.3 Å². The standard InChI is InChI=1S/C13H23N3S/c1-11-15-12(10-17-11)9-16-8-4-3-5-13(16)6-7-14-2/h10,13-14H,3-9H2,1-2H3. The highest BCUT2D eigenvalue weighted by Crippen LogP contribution is 2.22. The van der Waals surface area contributed by atoms with Crippen LogP contribution in [0, 0.1) is 6.92 Å². The Bertz CT molecular complexity index is 337. The lowest BCUT2D eigenvalue weighted by molar-refractivity contribution is 0.131. The Labute approximate surface area is 108 Å². The van der Waals surface area contributed by atoms with Crippen molar-refractivity contribution in [1.82, 2.24) is 15.2 Å². The molecule has 96 valence electrons. The highest BCUT2D eigenvalue weighted by Gasteiger charge is 2.22. The number of likely N-dealkylation sites (tertiary alicyclic amines) is 1. The van der Waals surface area contributed by atoms with E-state index >= 15 is 0 Å². The molecule has 2 rings (SSSR count). The molecule has 1 N–H and O–H groups in total. The van der Waals surface area contributed by atoms with Gasteiger partial charge >= 0.3 is 0 Å². The maximum Gasteiger partial charge on any atom is 0.0897 e. The molecule has 0 aliphatic carbocycles. The van der Waals surface area contributed by atoms with Crippen LogP contribution in [0.15, 0.2) is 5.38 Å². The Morgan fingerprint density at radius 1 is 1.53 bits per heavy atom. The monoisotopic (exact) mass is 253 g/mol. The Hall–Kier alpha value is -0.450. The highest BCUT2D eigenvalue weighted by atomic mass is 32.1. The second-order valence-corrected chi connectivity index (χ2v) is 5.93. The minimum atomic E-state index is 0.748. The van der Waals surface area contributed by atoms with Crippen molar-refractivity contribution in [3.8, 4) is 0 Å². The molecule has 17 heavy (non-hydrogen) atoms. The molecule has 0 saturated carbocycles. The maximum absolute atomic E-state index is 4.58. The van der Waals surface area contributed by atoms with Crippen LogP contribution in [-0.4, -0.2) is 36.1 Å². The van der Waals surface area contributed by atoms with E-state index in [4.69, 9.17) is 0 Å². The molecule has 2 heterocycles. The first-order chi connectivity index (χ1) is 8.29. The molecular formula is C13H23N3S. The summed E-state index contributed by atoms with van der Waals surface area (Å²) in [7, 11) is 2.04. The van der Waals surface area contributed by atoms with Crippen molar-refractivity contribution in [2.45, 2.75) is 45.2 Å².